The summed E-state index contributed by atoms with van der Waals surface area (Å²) in [5.74, 6) is 0.271. The molecule has 0 spiro atoms. The molecule has 0 aliphatic carbocycles. The molecule has 0 bridgehead atoms. The second kappa shape index (κ2) is 7.17. The van der Waals surface area contributed by atoms with Crippen molar-refractivity contribution in [2.45, 2.75) is 19.3 Å². The first-order valence-electron chi connectivity index (χ1n) is 9.19. The number of rotatable bonds is 4. The van der Waals surface area contributed by atoms with E-state index in [1.807, 2.05) is 0 Å². The highest BCUT2D eigenvalue weighted by Gasteiger charge is 2.10. The van der Waals surface area contributed by atoms with Crippen LogP contribution >= 0.6 is 0 Å². The molecule has 0 heterocycles. The van der Waals surface area contributed by atoms with Crippen molar-refractivity contribution in [2.75, 3.05) is 0 Å². The van der Waals surface area contributed by atoms with Crippen LogP contribution < -0.4 is 0 Å². The molecule has 4 aromatic rings. The van der Waals surface area contributed by atoms with Crippen LogP contribution in [0.3, 0.4) is 0 Å². The molecule has 0 fully saturated rings. The van der Waals surface area contributed by atoms with Crippen LogP contribution in [0.4, 0.5) is 0 Å². The van der Waals surface area contributed by atoms with Crippen molar-refractivity contribution >= 4 is 27.1 Å². The van der Waals surface area contributed by atoms with Crippen LogP contribution in [0, 0.1) is 6.92 Å². The maximum Gasteiger partial charge on any atom is -0.00733 e. The van der Waals surface area contributed by atoms with E-state index in [4.69, 9.17) is 0 Å². The minimum atomic E-state index is 0.271. The maximum absolute atomic E-state index is 4.35. The molecule has 0 amide bonds. The van der Waals surface area contributed by atoms with Crippen molar-refractivity contribution < 1.29 is 0 Å². The largest absolute Gasteiger partial charge is 0.0804 e. The van der Waals surface area contributed by atoms with Gasteiger partial charge in [-0.25, -0.2) is 0 Å². The number of benzene rings is 4. The number of allylic oxidation sites excluding steroid dienone is 2. The standard InChI is InChI=1S/C26H23/c1-19(21-10-4-3-5-11-21)16-17-20(2)26-24-14-8-6-12-22(24)18-23-13-7-9-15-25(23)26/h3-15,17-19H,1,16H2,2H3. The first-order chi connectivity index (χ1) is 12.7. The van der Waals surface area contributed by atoms with E-state index < -0.39 is 0 Å². The van der Waals surface area contributed by atoms with E-state index in [2.05, 4.69) is 105 Å². The molecule has 0 saturated carbocycles. The zero-order valence-corrected chi connectivity index (χ0v) is 15.2. The Kier molecular flexibility index (Phi) is 4.58. The molecule has 0 heteroatoms. The van der Waals surface area contributed by atoms with Gasteiger partial charge in [0.2, 0.25) is 0 Å². The summed E-state index contributed by atoms with van der Waals surface area (Å²) in [4.78, 5) is 0. The number of hydrogen-bond donors (Lipinski definition) is 0. The molecule has 0 aromatic heterocycles. The molecule has 127 valence electrons. The lowest BCUT2D eigenvalue weighted by molar-refractivity contribution is 0.860. The number of fused-ring (bicyclic) bond motifs is 2. The second-order valence-corrected chi connectivity index (χ2v) is 6.92. The summed E-state index contributed by atoms with van der Waals surface area (Å²) < 4.78 is 0. The van der Waals surface area contributed by atoms with Crippen LogP contribution in [-0.2, 0) is 0 Å². The van der Waals surface area contributed by atoms with Gasteiger partial charge < -0.3 is 0 Å². The third-order valence-electron chi connectivity index (χ3n) is 5.15. The van der Waals surface area contributed by atoms with Crippen LogP contribution in [0.1, 0.15) is 30.4 Å². The van der Waals surface area contributed by atoms with Crippen LogP contribution in [-0.4, -0.2) is 0 Å². The molecule has 0 nitrogen and oxygen atoms in total. The first kappa shape index (κ1) is 16.6. The Hall–Kier alpha value is -2.86. The van der Waals surface area contributed by atoms with Gasteiger partial charge in [0.1, 0.15) is 0 Å². The van der Waals surface area contributed by atoms with Crippen molar-refractivity contribution in [3.8, 4) is 0 Å². The molecule has 0 aliphatic heterocycles. The Balaban J connectivity index is 1.79. The van der Waals surface area contributed by atoms with E-state index in [0.717, 1.165) is 6.42 Å². The average Bonchev–Trinajstić information content (AvgIpc) is 2.70. The maximum atomic E-state index is 4.35. The predicted molar refractivity (Wildman–Crippen MR) is 114 cm³/mol. The van der Waals surface area contributed by atoms with Crippen molar-refractivity contribution in [2.24, 2.45) is 0 Å². The van der Waals surface area contributed by atoms with E-state index in [9.17, 15) is 0 Å². The van der Waals surface area contributed by atoms with Gasteiger partial charge in [-0.1, -0.05) is 84.9 Å². The Morgan fingerprint density at radius 2 is 1.35 bits per heavy atom. The Bertz CT molecular complexity index is 1020. The lowest BCUT2D eigenvalue weighted by Gasteiger charge is -2.14. The Morgan fingerprint density at radius 1 is 0.808 bits per heavy atom. The topological polar surface area (TPSA) is 0 Å². The van der Waals surface area contributed by atoms with Gasteiger partial charge in [-0.05, 0) is 70.5 Å². The van der Waals surface area contributed by atoms with E-state index in [1.165, 1.54) is 38.2 Å². The van der Waals surface area contributed by atoms with Gasteiger partial charge >= 0.3 is 0 Å². The molecule has 4 aromatic carbocycles. The van der Waals surface area contributed by atoms with E-state index >= 15 is 0 Å². The molecule has 0 saturated heterocycles. The number of hydrogen-bond acceptors (Lipinski definition) is 0. The molecule has 4 rings (SSSR count). The summed E-state index contributed by atoms with van der Waals surface area (Å²) in [6.45, 7) is 6.58. The van der Waals surface area contributed by atoms with E-state index in [1.54, 1.807) is 0 Å². The quantitative estimate of drug-likeness (QED) is 0.341. The van der Waals surface area contributed by atoms with Gasteiger partial charge in [0.05, 0.1) is 0 Å². The van der Waals surface area contributed by atoms with Crippen LogP contribution in [0.2, 0.25) is 0 Å². The highest BCUT2D eigenvalue weighted by atomic mass is 14.1. The molecular formula is C26H23. The Labute approximate surface area is 155 Å². The molecular weight excluding hydrogens is 312 g/mol. The summed E-state index contributed by atoms with van der Waals surface area (Å²) in [7, 11) is 0. The zero-order valence-electron chi connectivity index (χ0n) is 15.2. The van der Waals surface area contributed by atoms with Crippen molar-refractivity contribution in [3.05, 3.63) is 109 Å². The summed E-state index contributed by atoms with van der Waals surface area (Å²) in [5, 5.41) is 5.23. The van der Waals surface area contributed by atoms with Gasteiger partial charge in [-0.2, -0.15) is 0 Å². The minimum absolute atomic E-state index is 0.271. The summed E-state index contributed by atoms with van der Waals surface area (Å²) in [5.41, 5.74) is 3.96. The second-order valence-electron chi connectivity index (χ2n) is 6.92. The SMILES string of the molecule is [CH2]C(CC=C(C)c1c2ccccc2cc2ccccc12)c1ccccc1. The monoisotopic (exact) mass is 335 g/mol. The molecule has 0 N–H and O–H groups in total. The zero-order chi connectivity index (χ0) is 17.9. The van der Waals surface area contributed by atoms with Crippen LogP contribution in [0.5, 0.6) is 0 Å². The molecule has 1 radical (unpaired) electrons. The molecule has 1 atom stereocenters. The van der Waals surface area contributed by atoms with Crippen molar-refractivity contribution in [1.82, 2.24) is 0 Å². The van der Waals surface area contributed by atoms with Crippen LogP contribution in [0.15, 0.2) is 91.0 Å². The normalized spacial score (nSPS) is 13.2. The third kappa shape index (κ3) is 3.15. The molecule has 0 aliphatic rings. The summed E-state index contributed by atoms with van der Waals surface area (Å²) in [6, 6.07) is 30.2. The Morgan fingerprint density at radius 3 is 1.96 bits per heavy atom. The molecule has 1 unspecified atom stereocenters. The lowest BCUT2D eigenvalue weighted by atomic mass is 9.90. The van der Waals surface area contributed by atoms with E-state index in [0.29, 0.717) is 0 Å². The summed E-state index contributed by atoms with van der Waals surface area (Å²) >= 11 is 0. The van der Waals surface area contributed by atoms with Gasteiger partial charge in [0.25, 0.3) is 0 Å². The average molecular weight is 335 g/mol. The fourth-order valence-corrected chi connectivity index (χ4v) is 3.72. The van der Waals surface area contributed by atoms with Gasteiger partial charge in [-0.3, -0.25) is 0 Å². The van der Waals surface area contributed by atoms with Gasteiger partial charge in [0, 0.05) is 0 Å². The van der Waals surface area contributed by atoms with Crippen molar-refractivity contribution in [3.63, 3.8) is 0 Å². The van der Waals surface area contributed by atoms with Crippen LogP contribution in [0.25, 0.3) is 27.1 Å². The third-order valence-corrected chi connectivity index (χ3v) is 5.15. The lowest BCUT2D eigenvalue weighted by Crippen LogP contribution is -1.93. The minimum Gasteiger partial charge on any atom is -0.0804 e. The summed E-state index contributed by atoms with van der Waals surface area (Å²) in [6.07, 6.45) is 3.28. The van der Waals surface area contributed by atoms with Crippen molar-refractivity contribution in [1.29, 1.82) is 0 Å². The smallest absolute Gasteiger partial charge is 0.00733 e. The first-order valence-corrected chi connectivity index (χ1v) is 9.19. The van der Waals surface area contributed by atoms with E-state index in [-0.39, 0.29) is 5.92 Å². The fraction of sp³-hybridized carbons (Fsp3) is 0.115. The predicted octanol–water partition coefficient (Wildman–Crippen LogP) is 7.40. The highest BCUT2D eigenvalue weighted by Crippen LogP contribution is 2.34. The highest BCUT2D eigenvalue weighted by molar-refractivity contribution is 6.08. The van der Waals surface area contributed by atoms with Gasteiger partial charge in [-0.15, -0.1) is 0 Å². The molecule has 26 heavy (non-hydrogen) atoms. The fourth-order valence-electron chi connectivity index (χ4n) is 3.72. The van der Waals surface area contributed by atoms with Gasteiger partial charge in [0.15, 0.2) is 0 Å².